The Morgan fingerprint density at radius 1 is 0.968 bits per heavy atom. The van der Waals surface area contributed by atoms with Crippen LogP contribution in [-0.4, -0.2) is 14.2 Å². The van der Waals surface area contributed by atoms with E-state index in [1.807, 2.05) is 78.0 Å². The molecule has 4 unspecified atom stereocenters. The average molecular weight is 550 g/mol. The summed E-state index contributed by atoms with van der Waals surface area (Å²) in [5.41, 5.74) is 10.3. The average Bonchev–Trinajstić information content (AvgIpc) is 2.77. The van der Waals surface area contributed by atoms with Gasteiger partial charge in [0.15, 0.2) is 0 Å². The van der Waals surface area contributed by atoms with E-state index < -0.39 is 22.1 Å². The minimum atomic E-state index is -3.64. The molecular weight excluding hydrogens is 517 g/mol. The van der Waals surface area contributed by atoms with Crippen molar-refractivity contribution in [3.8, 4) is 0 Å². The standard InChI is InChI=1S/C23H30N2O2S.CH3.ClH.Ru/c1-17-10-9-11-18(2)21(17)16-28(26,27)25-23(20-14-7-4-8-15-20)22(24)19-12-5-3-6-13-19;;;/h3-8,12-15,17-18,21-24H,9-11,16H2,1-2H3;1H3;1H;/q-2;-1;;+4/p-1. The molecule has 0 saturated heterocycles. The summed E-state index contributed by atoms with van der Waals surface area (Å²) in [6.45, 7) is 4.31. The summed E-state index contributed by atoms with van der Waals surface area (Å²) in [6.07, 6.45) is 3.33. The van der Waals surface area contributed by atoms with E-state index in [1.54, 1.807) is 0 Å². The zero-order valence-electron chi connectivity index (χ0n) is 18.4. The van der Waals surface area contributed by atoms with Gasteiger partial charge in [-0.1, -0.05) is 105 Å². The molecular formula is C24H33ClN2O2RuS. The first-order chi connectivity index (χ1) is 14.4. The zero-order valence-corrected chi connectivity index (χ0v) is 21.7. The van der Waals surface area contributed by atoms with Gasteiger partial charge in [0.05, 0.1) is 10.0 Å². The molecule has 1 fully saturated rings. The Kier molecular flexibility index (Phi) is 12.5. The van der Waals surface area contributed by atoms with Gasteiger partial charge in [-0.15, -0.1) is 12.1 Å². The molecule has 3 rings (SSSR count). The predicted molar refractivity (Wildman–Crippen MR) is 128 cm³/mol. The number of nitrogens with zero attached hydrogens (tertiary/aromatic N) is 1. The summed E-state index contributed by atoms with van der Waals surface area (Å²) < 4.78 is 30.4. The molecule has 1 aliphatic carbocycles. The molecule has 0 spiro atoms. The Morgan fingerprint density at radius 3 is 1.90 bits per heavy atom. The summed E-state index contributed by atoms with van der Waals surface area (Å²) in [6, 6.07) is 17.2. The number of hydrogen-bond acceptors (Lipinski definition) is 2. The number of rotatable bonds is 7. The van der Waals surface area contributed by atoms with E-state index in [0.29, 0.717) is 11.8 Å². The SMILES string of the molecule is CC1CCCC(C)C1CS(=O)(=O)[N-]C(c1ccccc1)C([NH-])c1ccccc1.[CH3-].[Cl][Ru+3]. The fourth-order valence-electron chi connectivity index (χ4n) is 4.35. The summed E-state index contributed by atoms with van der Waals surface area (Å²) in [4.78, 5) is 0. The number of benzene rings is 2. The number of halogens is 1. The van der Waals surface area contributed by atoms with Gasteiger partial charge in [0.2, 0.25) is 0 Å². The van der Waals surface area contributed by atoms with Crippen molar-refractivity contribution in [3.05, 3.63) is 89.7 Å². The Bertz CT molecular complexity index is 842. The van der Waals surface area contributed by atoms with Crippen LogP contribution >= 0.6 is 9.69 Å². The van der Waals surface area contributed by atoms with E-state index in [4.69, 9.17) is 5.73 Å². The Balaban J connectivity index is 0.00000156. The van der Waals surface area contributed by atoms with E-state index in [1.165, 1.54) is 6.42 Å². The van der Waals surface area contributed by atoms with Crippen LogP contribution in [0, 0.1) is 25.2 Å². The molecule has 4 nitrogen and oxygen atoms in total. The van der Waals surface area contributed by atoms with Crippen LogP contribution in [0.4, 0.5) is 0 Å². The van der Waals surface area contributed by atoms with Crippen molar-refractivity contribution in [2.24, 2.45) is 17.8 Å². The Hall–Kier alpha value is -0.777. The van der Waals surface area contributed by atoms with Crippen LogP contribution < -0.4 is 0 Å². The minimum absolute atomic E-state index is 0. The van der Waals surface area contributed by atoms with Gasteiger partial charge in [-0.25, -0.2) is 8.42 Å². The van der Waals surface area contributed by atoms with Crippen molar-refractivity contribution in [1.29, 1.82) is 0 Å². The molecule has 172 valence electrons. The Morgan fingerprint density at radius 2 is 1.42 bits per heavy atom. The van der Waals surface area contributed by atoms with Crippen molar-refractivity contribution in [2.45, 2.75) is 45.2 Å². The van der Waals surface area contributed by atoms with Crippen molar-refractivity contribution in [2.75, 3.05) is 5.75 Å². The summed E-state index contributed by atoms with van der Waals surface area (Å²) in [5, 5.41) is 0. The second kappa shape index (κ2) is 13.7. The van der Waals surface area contributed by atoms with Crippen molar-refractivity contribution in [3.63, 3.8) is 0 Å². The third-order valence-corrected chi connectivity index (χ3v) is 7.43. The maximum atomic E-state index is 13.1. The fraction of sp³-hybridized carbons (Fsp3) is 0.458. The van der Waals surface area contributed by atoms with Crippen LogP contribution in [0.2, 0.25) is 0 Å². The van der Waals surface area contributed by atoms with Gasteiger partial charge in [0, 0.05) is 5.75 Å². The molecule has 0 aromatic heterocycles. The van der Waals surface area contributed by atoms with Gasteiger partial charge >= 0.3 is 27.0 Å². The van der Waals surface area contributed by atoms with Crippen molar-refractivity contribution in [1.82, 2.24) is 0 Å². The number of hydrogen-bond donors (Lipinski definition) is 0. The predicted octanol–water partition coefficient (Wildman–Crippen LogP) is 7.43. The van der Waals surface area contributed by atoms with Gasteiger partial charge < -0.3 is 17.9 Å². The molecule has 1 aliphatic rings. The molecule has 7 heteroatoms. The molecule has 1 saturated carbocycles. The van der Waals surface area contributed by atoms with E-state index in [-0.39, 0.29) is 19.1 Å². The normalized spacial score (nSPS) is 22.9. The van der Waals surface area contributed by atoms with E-state index in [9.17, 15) is 8.42 Å². The van der Waals surface area contributed by atoms with Crippen LogP contribution in [0.1, 0.15) is 56.3 Å². The third-order valence-electron chi connectivity index (χ3n) is 6.07. The topological polar surface area (TPSA) is 72.0 Å². The summed E-state index contributed by atoms with van der Waals surface area (Å²) in [5.74, 6) is 1.01. The van der Waals surface area contributed by atoms with Crippen molar-refractivity contribution >= 4 is 19.7 Å². The molecule has 0 bridgehead atoms. The maximum absolute atomic E-state index is 13.1. The molecule has 2 aromatic rings. The second-order valence-corrected chi connectivity index (χ2v) is 9.86. The van der Waals surface area contributed by atoms with Crippen LogP contribution in [0.3, 0.4) is 0 Å². The van der Waals surface area contributed by atoms with Crippen LogP contribution in [0.5, 0.6) is 0 Å². The van der Waals surface area contributed by atoms with E-state index in [0.717, 1.165) is 24.0 Å². The molecule has 1 N–H and O–H groups in total. The molecule has 31 heavy (non-hydrogen) atoms. The monoisotopic (exact) mass is 550 g/mol. The van der Waals surface area contributed by atoms with Gasteiger partial charge in [-0.3, -0.25) is 0 Å². The Labute approximate surface area is 203 Å². The second-order valence-electron chi connectivity index (χ2n) is 8.15. The van der Waals surface area contributed by atoms with Gasteiger partial charge in [-0.2, -0.15) is 0 Å². The molecule has 0 radical (unpaired) electrons. The molecule has 0 heterocycles. The molecule has 0 amide bonds. The van der Waals surface area contributed by atoms with Crippen LogP contribution in [0.25, 0.3) is 10.5 Å². The zero-order chi connectivity index (χ0) is 22.1. The first kappa shape index (κ1) is 28.3. The van der Waals surface area contributed by atoms with Gasteiger partial charge in [0.1, 0.15) is 0 Å². The molecule has 4 atom stereocenters. The summed E-state index contributed by atoms with van der Waals surface area (Å²) in [7, 11) is 0.926. The third kappa shape index (κ3) is 8.25. The number of nitrogens with one attached hydrogen (secondary N) is 1. The van der Waals surface area contributed by atoms with Crippen molar-refractivity contribution < 1.29 is 25.7 Å². The first-order valence-electron chi connectivity index (χ1n) is 10.3. The first-order valence-corrected chi connectivity index (χ1v) is 14.1. The number of sulfonamides is 1. The van der Waals surface area contributed by atoms with Crippen LogP contribution in [-0.2, 0) is 27.3 Å². The molecule has 2 aromatic carbocycles. The molecule has 0 aliphatic heterocycles. The summed E-state index contributed by atoms with van der Waals surface area (Å²) >= 11 is 1.82. The van der Waals surface area contributed by atoms with Gasteiger partial charge in [0.25, 0.3) is 0 Å². The van der Waals surface area contributed by atoms with E-state index in [2.05, 4.69) is 28.3 Å². The van der Waals surface area contributed by atoms with Crippen LogP contribution in [0.15, 0.2) is 60.7 Å². The van der Waals surface area contributed by atoms with Gasteiger partial charge in [-0.05, 0) is 17.8 Å². The van der Waals surface area contributed by atoms with E-state index >= 15 is 0 Å². The fourth-order valence-corrected chi connectivity index (χ4v) is 6.16. The quantitative estimate of drug-likeness (QED) is 0.266.